The number of allylic oxidation sites excluding steroid dienone is 2. The molecule has 0 aromatic rings. The fourth-order valence-electron chi connectivity index (χ4n) is 10.7. The van der Waals surface area contributed by atoms with Gasteiger partial charge in [-0.15, -0.1) is 0 Å². The molecule has 0 saturated heterocycles. The lowest BCUT2D eigenvalue weighted by Crippen LogP contribution is -2.59. The van der Waals surface area contributed by atoms with Crippen LogP contribution < -0.4 is 0 Å². The number of carboxylic acids is 1. The zero-order valence-corrected chi connectivity index (χ0v) is 28.0. The first kappa shape index (κ1) is 34.5. The first-order chi connectivity index (χ1) is 20.6. The zero-order chi connectivity index (χ0) is 31.0. The fourth-order valence-corrected chi connectivity index (χ4v) is 10.7. The summed E-state index contributed by atoms with van der Waals surface area (Å²) in [6.07, 6.45) is 25.3. The molecule has 10 atom stereocenters. The van der Waals surface area contributed by atoms with Crippen molar-refractivity contribution in [2.75, 3.05) is 0 Å². The number of rotatable bonds is 16. The molecule has 4 aliphatic carbocycles. The molecular formula is C38H64O5. The quantitative estimate of drug-likeness (QED) is 0.105. The zero-order valence-electron chi connectivity index (χ0n) is 28.0. The standard InChI is InChI=1S/C38H64O5/c1-5-6-7-8-9-10-11-12-13-14-15-16-36(42)43-29-23-24-37(3)28(25-29)18-19-30-32-21-20-31(27(2)17-22-35(40)41)38(32,4)34(39)26-33(30)37/h8-9,27-34,39H,5-7,10-26H2,1-4H3,(H,40,41)/b9-8-. The second-order valence-corrected chi connectivity index (χ2v) is 15.7. The summed E-state index contributed by atoms with van der Waals surface area (Å²) < 4.78 is 6.06. The maximum Gasteiger partial charge on any atom is 0.306 e. The Kier molecular flexibility index (Phi) is 12.7. The Morgan fingerprint density at radius 1 is 0.884 bits per heavy atom. The number of esters is 1. The molecule has 5 heteroatoms. The summed E-state index contributed by atoms with van der Waals surface area (Å²) in [5, 5.41) is 21.0. The molecule has 0 aliphatic heterocycles. The Balaban J connectivity index is 1.21. The minimum Gasteiger partial charge on any atom is -0.481 e. The van der Waals surface area contributed by atoms with Crippen molar-refractivity contribution in [1.29, 1.82) is 0 Å². The molecule has 0 amide bonds. The van der Waals surface area contributed by atoms with E-state index < -0.39 is 5.97 Å². The lowest BCUT2D eigenvalue weighted by atomic mass is 9.43. The van der Waals surface area contributed by atoms with E-state index in [9.17, 15) is 19.8 Å². The van der Waals surface area contributed by atoms with Crippen LogP contribution in [0.3, 0.4) is 0 Å². The molecule has 10 unspecified atom stereocenters. The summed E-state index contributed by atoms with van der Waals surface area (Å²) in [6, 6.07) is 0. The van der Waals surface area contributed by atoms with Gasteiger partial charge in [-0.1, -0.05) is 72.0 Å². The van der Waals surface area contributed by atoms with Gasteiger partial charge in [0.05, 0.1) is 6.10 Å². The highest BCUT2D eigenvalue weighted by molar-refractivity contribution is 5.69. The van der Waals surface area contributed by atoms with Crippen LogP contribution in [0, 0.1) is 46.3 Å². The number of ether oxygens (including phenoxy) is 1. The van der Waals surface area contributed by atoms with Crippen LogP contribution >= 0.6 is 0 Å². The largest absolute Gasteiger partial charge is 0.481 e. The molecule has 0 heterocycles. The van der Waals surface area contributed by atoms with Crippen LogP contribution in [0.15, 0.2) is 12.2 Å². The van der Waals surface area contributed by atoms with Crippen molar-refractivity contribution in [2.24, 2.45) is 46.3 Å². The van der Waals surface area contributed by atoms with Crippen molar-refractivity contribution in [2.45, 2.75) is 168 Å². The lowest BCUT2D eigenvalue weighted by molar-refractivity contribution is -0.181. The molecule has 0 aromatic heterocycles. The van der Waals surface area contributed by atoms with Gasteiger partial charge in [-0.3, -0.25) is 9.59 Å². The number of aliphatic carboxylic acids is 1. The SMILES string of the molecule is CCCC/C=C\CCCCCCCC(=O)OC1CCC2(C)C(CCC3C2CC(O)C2(C)C(C(C)CCC(=O)O)CCC32)C1. The van der Waals surface area contributed by atoms with Crippen LogP contribution in [0.2, 0.25) is 0 Å². The van der Waals surface area contributed by atoms with Crippen LogP contribution in [0.1, 0.15) is 156 Å². The molecule has 246 valence electrons. The topological polar surface area (TPSA) is 83.8 Å². The van der Waals surface area contributed by atoms with Gasteiger partial charge in [-0.2, -0.15) is 0 Å². The molecule has 0 spiro atoms. The van der Waals surface area contributed by atoms with Gasteiger partial charge >= 0.3 is 11.9 Å². The molecule has 4 fully saturated rings. The van der Waals surface area contributed by atoms with E-state index >= 15 is 0 Å². The van der Waals surface area contributed by atoms with Gasteiger partial charge in [0.15, 0.2) is 0 Å². The van der Waals surface area contributed by atoms with Gasteiger partial charge in [0.25, 0.3) is 0 Å². The Morgan fingerprint density at radius 3 is 2.35 bits per heavy atom. The molecule has 4 aliphatic rings. The number of fused-ring (bicyclic) bond motifs is 5. The highest BCUT2D eigenvalue weighted by Gasteiger charge is 2.63. The van der Waals surface area contributed by atoms with Gasteiger partial charge in [-0.25, -0.2) is 0 Å². The van der Waals surface area contributed by atoms with Crippen molar-refractivity contribution in [3.63, 3.8) is 0 Å². The fraction of sp³-hybridized carbons (Fsp3) is 0.895. The Bertz CT molecular complexity index is 929. The number of unbranched alkanes of at least 4 members (excludes halogenated alkanes) is 7. The normalized spacial score (nSPS) is 37.8. The minimum atomic E-state index is -0.713. The van der Waals surface area contributed by atoms with E-state index in [1.54, 1.807) is 0 Å². The average Bonchev–Trinajstić information content (AvgIpc) is 3.34. The molecule has 2 N–H and O–H groups in total. The van der Waals surface area contributed by atoms with Crippen LogP contribution in [-0.4, -0.2) is 34.4 Å². The Hall–Kier alpha value is -1.36. The number of carboxylic acid groups (broad SMARTS) is 1. The molecule has 5 nitrogen and oxygen atoms in total. The highest BCUT2D eigenvalue weighted by atomic mass is 16.5. The van der Waals surface area contributed by atoms with E-state index in [4.69, 9.17) is 4.74 Å². The maximum absolute atomic E-state index is 12.7. The lowest BCUT2D eigenvalue weighted by Gasteiger charge is -2.62. The summed E-state index contributed by atoms with van der Waals surface area (Å²) in [6.45, 7) is 9.28. The van der Waals surface area contributed by atoms with Crippen molar-refractivity contribution < 1.29 is 24.5 Å². The Morgan fingerprint density at radius 2 is 1.60 bits per heavy atom. The first-order valence-corrected chi connectivity index (χ1v) is 18.4. The number of aliphatic hydroxyl groups is 1. The molecule has 4 saturated carbocycles. The van der Waals surface area contributed by atoms with Crippen molar-refractivity contribution in [1.82, 2.24) is 0 Å². The van der Waals surface area contributed by atoms with Crippen LogP contribution in [0.4, 0.5) is 0 Å². The van der Waals surface area contributed by atoms with Crippen molar-refractivity contribution >= 4 is 11.9 Å². The third-order valence-electron chi connectivity index (χ3n) is 13.2. The number of aliphatic hydroxyl groups excluding tert-OH is 1. The van der Waals surface area contributed by atoms with Crippen LogP contribution in [0.25, 0.3) is 0 Å². The Labute approximate surface area is 263 Å². The monoisotopic (exact) mass is 600 g/mol. The van der Waals surface area contributed by atoms with Crippen LogP contribution in [-0.2, 0) is 14.3 Å². The summed E-state index contributed by atoms with van der Waals surface area (Å²) >= 11 is 0. The predicted molar refractivity (Wildman–Crippen MR) is 174 cm³/mol. The molecule has 43 heavy (non-hydrogen) atoms. The average molecular weight is 601 g/mol. The van der Waals surface area contributed by atoms with E-state index in [0.717, 1.165) is 44.9 Å². The number of hydrogen-bond donors (Lipinski definition) is 2. The van der Waals surface area contributed by atoms with Gasteiger partial charge in [0.1, 0.15) is 6.10 Å². The predicted octanol–water partition coefficient (Wildman–Crippen LogP) is 9.51. The second kappa shape index (κ2) is 15.8. The summed E-state index contributed by atoms with van der Waals surface area (Å²) in [7, 11) is 0. The number of carbonyl (C=O) groups is 2. The van der Waals surface area contributed by atoms with Gasteiger partial charge in [0.2, 0.25) is 0 Å². The van der Waals surface area contributed by atoms with E-state index in [2.05, 4.69) is 39.8 Å². The van der Waals surface area contributed by atoms with E-state index in [0.29, 0.717) is 48.3 Å². The molecule has 4 rings (SSSR count). The van der Waals surface area contributed by atoms with Crippen molar-refractivity contribution in [3.8, 4) is 0 Å². The smallest absolute Gasteiger partial charge is 0.306 e. The number of carbonyl (C=O) groups excluding carboxylic acids is 1. The van der Waals surface area contributed by atoms with Gasteiger partial charge < -0.3 is 14.9 Å². The van der Waals surface area contributed by atoms with Gasteiger partial charge in [-0.05, 0) is 130 Å². The maximum atomic E-state index is 12.7. The van der Waals surface area contributed by atoms with E-state index in [1.807, 2.05) is 0 Å². The highest BCUT2D eigenvalue weighted by Crippen LogP contribution is 2.68. The number of hydrogen-bond acceptors (Lipinski definition) is 4. The summed E-state index contributed by atoms with van der Waals surface area (Å²) in [5.41, 5.74) is 0.118. The molecule has 0 bridgehead atoms. The van der Waals surface area contributed by atoms with E-state index in [-0.39, 0.29) is 35.4 Å². The summed E-state index contributed by atoms with van der Waals surface area (Å²) in [4.78, 5) is 24.0. The molecule has 0 radical (unpaired) electrons. The third-order valence-corrected chi connectivity index (χ3v) is 13.2. The molecule has 0 aromatic carbocycles. The van der Waals surface area contributed by atoms with E-state index in [1.165, 1.54) is 64.2 Å². The minimum absolute atomic E-state index is 0.000910. The second-order valence-electron chi connectivity index (χ2n) is 15.7. The first-order valence-electron chi connectivity index (χ1n) is 18.4. The van der Waals surface area contributed by atoms with Crippen LogP contribution in [0.5, 0.6) is 0 Å². The van der Waals surface area contributed by atoms with Crippen molar-refractivity contribution in [3.05, 3.63) is 12.2 Å². The summed E-state index contributed by atoms with van der Waals surface area (Å²) in [5.74, 6) is 2.32. The molecular weight excluding hydrogens is 536 g/mol. The van der Waals surface area contributed by atoms with Gasteiger partial charge in [0, 0.05) is 12.8 Å². The third kappa shape index (κ3) is 8.08.